The molecular weight excluding hydrogens is 417 g/mol. The zero-order chi connectivity index (χ0) is 21.1. The zero-order valence-electron chi connectivity index (χ0n) is 15.3. The quantitative estimate of drug-likeness (QED) is 0.408. The lowest BCUT2D eigenvalue weighted by atomic mass is 10.1. The minimum atomic E-state index is -4.97. The van der Waals surface area contributed by atoms with Crippen LogP contribution in [0.25, 0.3) is 11.2 Å². The van der Waals surface area contributed by atoms with Gasteiger partial charge in [-0.3, -0.25) is 9.13 Å². The number of ether oxygens (including phenoxy) is 3. The summed E-state index contributed by atoms with van der Waals surface area (Å²) < 4.78 is 31.7. The van der Waals surface area contributed by atoms with Crippen molar-refractivity contribution >= 4 is 24.6 Å². The van der Waals surface area contributed by atoms with Crippen LogP contribution >= 0.6 is 7.60 Å². The van der Waals surface area contributed by atoms with Gasteiger partial charge in [-0.15, -0.1) is 0 Å². The first-order valence-corrected chi connectivity index (χ1v) is 10.6. The number of nitrogen functional groups attached to an aromatic ring is 1. The average molecular weight is 435 g/mol. The number of rotatable bonds is 4. The maximum absolute atomic E-state index is 12.5. The van der Waals surface area contributed by atoms with E-state index in [1.165, 1.54) is 29.4 Å². The minimum Gasteiger partial charge on any atom is -0.394 e. The highest BCUT2D eigenvalue weighted by molar-refractivity contribution is 7.52. The van der Waals surface area contributed by atoms with Gasteiger partial charge in [-0.25, -0.2) is 15.0 Å². The Morgan fingerprint density at radius 3 is 2.57 bits per heavy atom. The molecule has 0 aliphatic carbocycles. The van der Waals surface area contributed by atoms with Gasteiger partial charge in [0, 0.05) is 5.56 Å². The number of nitrogens with zero attached hydrogens (tertiary/aromatic N) is 4. The molecule has 158 valence electrons. The Balaban J connectivity index is 1.61. The molecule has 0 bridgehead atoms. The number of nitrogens with two attached hydrogens (primary N) is 1. The molecule has 30 heavy (non-hydrogen) atoms. The Morgan fingerprint density at radius 1 is 1.13 bits per heavy atom. The largest absolute Gasteiger partial charge is 0.394 e. The fraction of sp³-hybridized carbons (Fsp3) is 0.353. The maximum atomic E-state index is 12.5. The predicted molar refractivity (Wildman–Crippen MR) is 101 cm³/mol. The molecule has 5 N–H and O–H groups in total. The number of benzene rings is 1. The summed E-state index contributed by atoms with van der Waals surface area (Å²) in [6.07, 6.45) is -1.06. The van der Waals surface area contributed by atoms with Crippen molar-refractivity contribution in [3.8, 4) is 0 Å². The zero-order valence-corrected chi connectivity index (χ0v) is 16.2. The van der Waals surface area contributed by atoms with Crippen LogP contribution in [0.3, 0.4) is 0 Å². The molecule has 0 saturated carbocycles. The minimum absolute atomic E-state index is 0.158. The summed E-state index contributed by atoms with van der Waals surface area (Å²) in [4.78, 5) is 32.6. The highest BCUT2D eigenvalue weighted by Crippen LogP contribution is 2.64. The molecule has 2 aliphatic heterocycles. The fourth-order valence-corrected chi connectivity index (χ4v) is 4.89. The van der Waals surface area contributed by atoms with E-state index in [4.69, 9.17) is 19.9 Å². The van der Waals surface area contributed by atoms with Crippen LogP contribution in [0.2, 0.25) is 0 Å². The third kappa shape index (κ3) is 2.70. The van der Waals surface area contributed by atoms with Crippen molar-refractivity contribution in [2.45, 2.75) is 30.1 Å². The molecule has 4 heterocycles. The van der Waals surface area contributed by atoms with Gasteiger partial charge in [-0.2, -0.15) is 0 Å². The first-order chi connectivity index (χ1) is 14.4. The van der Waals surface area contributed by atoms with Crippen LogP contribution in [0.15, 0.2) is 43.0 Å². The van der Waals surface area contributed by atoms with E-state index >= 15 is 0 Å². The van der Waals surface area contributed by atoms with E-state index in [1.54, 1.807) is 18.2 Å². The smallest absolute Gasteiger partial charge is 0.389 e. The fourth-order valence-electron chi connectivity index (χ4n) is 3.89. The summed E-state index contributed by atoms with van der Waals surface area (Å²) in [6, 6.07) is 7.95. The number of aromatic nitrogens is 4. The molecule has 13 heteroatoms. The second-order valence-electron chi connectivity index (χ2n) is 6.99. The van der Waals surface area contributed by atoms with E-state index in [0.29, 0.717) is 11.2 Å². The van der Waals surface area contributed by atoms with Gasteiger partial charge < -0.3 is 34.8 Å². The van der Waals surface area contributed by atoms with Gasteiger partial charge in [0.25, 0.3) is 0 Å². The van der Waals surface area contributed by atoms with Crippen LogP contribution in [0.4, 0.5) is 5.82 Å². The Bertz CT molecular complexity index is 1140. The Morgan fingerprint density at radius 2 is 1.87 bits per heavy atom. The first-order valence-electron chi connectivity index (χ1n) is 9.02. The second kappa shape index (κ2) is 6.79. The standard InChI is InChI=1S/C17H18N5O7P/c18-14-11-15(20-7-19-14)22(8-21-11)16-13-12(10(6-23)27-16)28-17(29-13,30(24,25)26)9-4-2-1-3-5-9/h1-5,7-8,10,12-13,16,23H,6H2,(H2,18,19,20)(H2,24,25,26)/t10-,12-,13-,16-,17+/m1/s1. The molecule has 12 nitrogen and oxygen atoms in total. The molecule has 0 radical (unpaired) electrons. The summed E-state index contributed by atoms with van der Waals surface area (Å²) >= 11 is 0. The lowest BCUT2D eigenvalue weighted by Crippen LogP contribution is -2.33. The van der Waals surface area contributed by atoms with Crippen LogP contribution in [-0.4, -0.2) is 59.3 Å². The number of hydrogen-bond acceptors (Lipinski definition) is 9. The van der Waals surface area contributed by atoms with Crippen molar-refractivity contribution in [2.75, 3.05) is 12.3 Å². The molecule has 2 aliphatic rings. The van der Waals surface area contributed by atoms with Crippen LogP contribution < -0.4 is 5.73 Å². The topological polar surface area (TPSA) is 175 Å². The third-order valence-electron chi connectivity index (χ3n) is 5.24. The molecule has 0 spiro atoms. The van der Waals surface area contributed by atoms with Crippen molar-refractivity contribution < 1.29 is 33.7 Å². The van der Waals surface area contributed by atoms with Gasteiger partial charge in [-0.05, 0) is 0 Å². The van der Waals surface area contributed by atoms with Crippen LogP contribution in [0, 0.1) is 0 Å². The molecule has 0 amide bonds. The SMILES string of the molecule is Nc1ncnc2c1ncn2[C@@H]1O[C@H](CO)[C@H]2O[C@](c3ccccc3)(P(=O)(O)O)O[C@H]21. The van der Waals surface area contributed by atoms with Gasteiger partial charge in [0.1, 0.15) is 30.2 Å². The van der Waals surface area contributed by atoms with Gasteiger partial charge >= 0.3 is 13.1 Å². The predicted octanol–water partition coefficient (Wildman–Crippen LogP) is 0.0704. The van der Waals surface area contributed by atoms with E-state index in [0.717, 1.165) is 0 Å². The lowest BCUT2D eigenvalue weighted by Gasteiger charge is -2.31. The van der Waals surface area contributed by atoms with Crippen LogP contribution in [0.5, 0.6) is 0 Å². The van der Waals surface area contributed by atoms with Crippen molar-refractivity contribution in [3.63, 3.8) is 0 Å². The molecule has 2 fully saturated rings. The normalized spacial score (nSPS) is 31.3. The molecule has 0 unspecified atom stereocenters. The Kier molecular flexibility index (Phi) is 4.42. The summed E-state index contributed by atoms with van der Waals surface area (Å²) in [5.74, 6) is 0.171. The molecule has 1 aromatic carbocycles. The number of fused-ring (bicyclic) bond motifs is 2. The van der Waals surface area contributed by atoms with Crippen molar-refractivity contribution in [1.82, 2.24) is 19.5 Å². The molecular formula is C17H18N5O7P. The highest BCUT2D eigenvalue weighted by atomic mass is 31.2. The molecule has 3 aromatic rings. The molecule has 5 atom stereocenters. The van der Waals surface area contributed by atoms with Crippen LogP contribution in [-0.2, 0) is 24.3 Å². The van der Waals surface area contributed by atoms with Crippen LogP contribution in [0.1, 0.15) is 11.8 Å². The van der Waals surface area contributed by atoms with E-state index in [-0.39, 0.29) is 11.4 Å². The average Bonchev–Trinajstić information content (AvgIpc) is 3.40. The second-order valence-corrected chi connectivity index (χ2v) is 8.66. The van der Waals surface area contributed by atoms with Gasteiger partial charge in [0.05, 0.1) is 12.9 Å². The van der Waals surface area contributed by atoms with E-state index < -0.39 is 44.3 Å². The summed E-state index contributed by atoms with van der Waals surface area (Å²) in [6.45, 7) is -0.448. The summed E-state index contributed by atoms with van der Waals surface area (Å²) in [5.41, 5.74) is 4.36. The first kappa shape index (κ1) is 19.5. The number of anilines is 1. The van der Waals surface area contributed by atoms with E-state index in [9.17, 15) is 19.5 Å². The van der Waals surface area contributed by atoms with Crippen molar-refractivity contribution in [1.29, 1.82) is 0 Å². The van der Waals surface area contributed by atoms with Crippen molar-refractivity contribution in [2.24, 2.45) is 0 Å². The summed E-state index contributed by atoms with van der Waals surface area (Å²) in [7, 11) is -4.97. The maximum Gasteiger partial charge on any atom is 0.389 e. The van der Waals surface area contributed by atoms with Crippen molar-refractivity contribution in [3.05, 3.63) is 48.5 Å². The number of imidazole rings is 1. The van der Waals surface area contributed by atoms with Gasteiger partial charge in [-0.1, -0.05) is 30.3 Å². The number of aliphatic hydroxyl groups is 1. The monoisotopic (exact) mass is 435 g/mol. The molecule has 5 rings (SSSR count). The number of aliphatic hydroxyl groups excluding tert-OH is 1. The van der Waals surface area contributed by atoms with E-state index in [2.05, 4.69) is 15.0 Å². The highest BCUT2D eigenvalue weighted by Gasteiger charge is 2.66. The Hall–Kier alpha value is -2.44. The summed E-state index contributed by atoms with van der Waals surface area (Å²) in [5, 5.41) is 9.80. The van der Waals surface area contributed by atoms with Gasteiger partial charge in [0.15, 0.2) is 17.7 Å². The molecule has 2 aromatic heterocycles. The third-order valence-corrected chi connectivity index (χ3v) is 6.48. The van der Waals surface area contributed by atoms with E-state index in [1.807, 2.05) is 0 Å². The van der Waals surface area contributed by atoms with Gasteiger partial charge in [0.2, 0.25) is 0 Å². The lowest BCUT2D eigenvalue weighted by molar-refractivity contribution is -0.188. The molecule has 2 saturated heterocycles. The number of hydrogen-bond donors (Lipinski definition) is 4. The Labute approximate surface area is 169 Å².